The average Bonchev–Trinajstić information content (AvgIpc) is 2.32. The van der Waals surface area contributed by atoms with Gasteiger partial charge < -0.3 is 15.3 Å². The largest absolute Gasteiger partial charge is 0.480 e. The molecule has 0 aromatic carbocycles. The fourth-order valence-corrected chi connectivity index (χ4v) is 3.26. The van der Waals surface area contributed by atoms with Gasteiger partial charge in [-0.1, -0.05) is 13.8 Å². The third-order valence-corrected chi connectivity index (χ3v) is 4.81. The molecule has 108 valence electrons. The van der Waals surface area contributed by atoms with Crippen molar-refractivity contribution in [2.24, 2.45) is 5.92 Å². The Bertz CT molecular complexity index is 360. The Hall–Kier alpha value is -1.26. The summed E-state index contributed by atoms with van der Waals surface area (Å²) >= 11 is 0. The summed E-state index contributed by atoms with van der Waals surface area (Å²) in [5.41, 5.74) is -0.0825. The van der Waals surface area contributed by atoms with Crippen molar-refractivity contribution in [1.82, 2.24) is 10.2 Å². The molecular weight excluding hydrogens is 244 g/mol. The van der Waals surface area contributed by atoms with Crippen LogP contribution in [-0.4, -0.2) is 40.1 Å². The predicted octanol–water partition coefficient (Wildman–Crippen LogP) is 2.21. The number of carbonyl (C=O) groups is 2. The maximum atomic E-state index is 12.4. The van der Waals surface area contributed by atoms with Crippen molar-refractivity contribution in [3.05, 3.63) is 0 Å². The van der Waals surface area contributed by atoms with Crippen LogP contribution >= 0.6 is 0 Å². The minimum Gasteiger partial charge on any atom is -0.480 e. The zero-order chi connectivity index (χ0) is 14.0. The van der Waals surface area contributed by atoms with Crippen molar-refractivity contribution >= 4 is 12.0 Å². The highest BCUT2D eigenvalue weighted by molar-refractivity contribution is 5.83. The molecule has 2 rings (SSSR count). The quantitative estimate of drug-likeness (QED) is 0.824. The van der Waals surface area contributed by atoms with E-state index in [1.807, 2.05) is 6.92 Å². The van der Waals surface area contributed by atoms with Gasteiger partial charge in [0.1, 0.15) is 6.04 Å². The number of nitrogens with one attached hydrogen (secondary N) is 1. The fourth-order valence-electron chi connectivity index (χ4n) is 3.26. The van der Waals surface area contributed by atoms with Gasteiger partial charge in [0, 0.05) is 12.1 Å². The lowest BCUT2D eigenvalue weighted by Crippen LogP contribution is -2.61. The summed E-state index contributed by atoms with van der Waals surface area (Å²) in [6, 6.07) is -0.872. The molecule has 0 aromatic heterocycles. The van der Waals surface area contributed by atoms with Crippen LogP contribution in [0.3, 0.4) is 0 Å². The number of carboxylic acid groups (broad SMARTS) is 1. The third kappa shape index (κ3) is 2.69. The monoisotopic (exact) mass is 268 g/mol. The van der Waals surface area contributed by atoms with Crippen molar-refractivity contribution in [3.8, 4) is 0 Å². The minimum atomic E-state index is -0.887. The Kier molecular flexibility index (Phi) is 4.02. The molecule has 2 aliphatic rings. The molecule has 0 spiro atoms. The first-order valence-corrected chi connectivity index (χ1v) is 7.31. The number of aliphatic carboxylic acids is 1. The summed E-state index contributed by atoms with van der Waals surface area (Å²) in [6.45, 7) is 4.54. The maximum Gasteiger partial charge on any atom is 0.326 e. The number of piperidine rings is 1. The van der Waals surface area contributed by atoms with Crippen molar-refractivity contribution in [3.63, 3.8) is 0 Å². The zero-order valence-electron chi connectivity index (χ0n) is 11.8. The fraction of sp³-hybridized carbons (Fsp3) is 0.857. The van der Waals surface area contributed by atoms with E-state index in [1.54, 1.807) is 0 Å². The molecule has 2 atom stereocenters. The second-order valence-corrected chi connectivity index (χ2v) is 6.01. The number of carbonyl (C=O) groups excluding carboxylic acids is 1. The second-order valence-electron chi connectivity index (χ2n) is 6.01. The molecule has 1 heterocycles. The van der Waals surface area contributed by atoms with E-state index in [-0.39, 0.29) is 17.5 Å². The van der Waals surface area contributed by atoms with Gasteiger partial charge in [-0.3, -0.25) is 0 Å². The van der Waals surface area contributed by atoms with Gasteiger partial charge in [-0.15, -0.1) is 0 Å². The summed E-state index contributed by atoms with van der Waals surface area (Å²) in [4.78, 5) is 25.3. The number of hydrogen-bond acceptors (Lipinski definition) is 2. The zero-order valence-corrected chi connectivity index (χ0v) is 11.8. The minimum absolute atomic E-state index is 0.0240. The van der Waals surface area contributed by atoms with E-state index < -0.39 is 12.0 Å². The molecular formula is C14H24N2O3. The number of amides is 2. The predicted molar refractivity (Wildman–Crippen MR) is 71.9 cm³/mol. The van der Waals surface area contributed by atoms with Gasteiger partial charge in [-0.2, -0.15) is 0 Å². The molecule has 1 saturated heterocycles. The summed E-state index contributed by atoms with van der Waals surface area (Å²) in [6.07, 6.45) is 5.84. The molecule has 5 heteroatoms. The number of likely N-dealkylation sites (tertiary alicyclic amines) is 1. The van der Waals surface area contributed by atoms with Gasteiger partial charge in [-0.05, 0) is 44.4 Å². The van der Waals surface area contributed by atoms with Gasteiger partial charge in [0.05, 0.1) is 0 Å². The number of hydrogen-bond donors (Lipinski definition) is 2. The Balaban J connectivity index is 2.05. The lowest BCUT2D eigenvalue weighted by Gasteiger charge is -2.45. The van der Waals surface area contributed by atoms with E-state index in [1.165, 1.54) is 4.90 Å². The normalized spacial score (nSPS) is 29.5. The highest BCUT2D eigenvalue weighted by Crippen LogP contribution is 2.35. The first-order valence-electron chi connectivity index (χ1n) is 7.31. The van der Waals surface area contributed by atoms with Crippen LogP contribution in [-0.2, 0) is 4.79 Å². The number of rotatable bonds is 3. The summed E-state index contributed by atoms with van der Waals surface area (Å²) in [5, 5.41) is 12.4. The topological polar surface area (TPSA) is 69.6 Å². The van der Waals surface area contributed by atoms with Gasteiger partial charge in [0.2, 0.25) is 0 Å². The van der Waals surface area contributed by atoms with Crippen LogP contribution < -0.4 is 5.32 Å². The highest BCUT2D eigenvalue weighted by Gasteiger charge is 2.42. The van der Waals surface area contributed by atoms with Crippen LogP contribution in [0.5, 0.6) is 0 Å². The maximum absolute atomic E-state index is 12.4. The molecule has 2 unspecified atom stereocenters. The number of carboxylic acids is 1. The average molecular weight is 268 g/mol. The lowest BCUT2D eigenvalue weighted by molar-refractivity contribution is -0.145. The Morgan fingerprint density at radius 2 is 2.05 bits per heavy atom. The van der Waals surface area contributed by atoms with Crippen molar-refractivity contribution in [1.29, 1.82) is 0 Å². The van der Waals surface area contributed by atoms with E-state index in [4.69, 9.17) is 0 Å². The number of nitrogens with zero attached hydrogens (tertiary/aromatic N) is 1. The number of urea groups is 1. The standard InChI is InChI=1S/C14H24N2O3/c1-3-14(7-5-8-14)15-13(19)16-9-4-6-10(2)11(16)12(17)18/h10-11H,3-9H2,1-2H3,(H,15,19)(H,17,18). The molecule has 1 aliphatic heterocycles. The Labute approximate surface area is 114 Å². The molecule has 2 amide bonds. The first-order chi connectivity index (χ1) is 8.99. The Morgan fingerprint density at radius 1 is 1.37 bits per heavy atom. The van der Waals surface area contributed by atoms with Crippen LogP contribution in [0.25, 0.3) is 0 Å². The molecule has 0 aromatic rings. The molecule has 1 saturated carbocycles. The van der Waals surface area contributed by atoms with E-state index in [0.29, 0.717) is 6.54 Å². The molecule has 1 aliphatic carbocycles. The molecule has 2 fully saturated rings. The van der Waals surface area contributed by atoms with Crippen molar-refractivity contribution in [2.45, 2.75) is 64.0 Å². The summed E-state index contributed by atoms with van der Waals surface area (Å²) in [7, 11) is 0. The molecule has 5 nitrogen and oxygen atoms in total. The second kappa shape index (κ2) is 5.39. The van der Waals surface area contributed by atoms with Crippen molar-refractivity contribution in [2.75, 3.05) is 6.54 Å². The molecule has 19 heavy (non-hydrogen) atoms. The van der Waals surface area contributed by atoms with Gasteiger partial charge >= 0.3 is 12.0 Å². The summed E-state index contributed by atoms with van der Waals surface area (Å²) in [5.74, 6) is -0.863. The molecule has 2 N–H and O–H groups in total. The van der Waals surface area contributed by atoms with Crippen molar-refractivity contribution < 1.29 is 14.7 Å². The SMILES string of the molecule is CCC1(NC(=O)N2CCCC(C)C2C(=O)O)CCC1. The van der Waals surface area contributed by atoms with Crippen LogP contribution in [0, 0.1) is 5.92 Å². The van der Waals surface area contributed by atoms with Gasteiger partial charge in [0.25, 0.3) is 0 Å². The van der Waals surface area contributed by atoms with E-state index >= 15 is 0 Å². The van der Waals surface area contributed by atoms with E-state index in [0.717, 1.165) is 38.5 Å². The summed E-state index contributed by atoms with van der Waals surface area (Å²) < 4.78 is 0. The van der Waals surface area contributed by atoms with Crippen LogP contribution in [0.15, 0.2) is 0 Å². The smallest absolute Gasteiger partial charge is 0.326 e. The molecule has 0 radical (unpaired) electrons. The van der Waals surface area contributed by atoms with E-state index in [2.05, 4.69) is 12.2 Å². The third-order valence-electron chi connectivity index (χ3n) is 4.81. The first kappa shape index (κ1) is 14.2. The lowest BCUT2D eigenvalue weighted by atomic mass is 9.75. The van der Waals surface area contributed by atoms with Gasteiger partial charge in [-0.25, -0.2) is 9.59 Å². The van der Waals surface area contributed by atoms with Crippen LogP contribution in [0.2, 0.25) is 0 Å². The van der Waals surface area contributed by atoms with Crippen LogP contribution in [0.1, 0.15) is 52.4 Å². The van der Waals surface area contributed by atoms with Gasteiger partial charge in [0.15, 0.2) is 0 Å². The highest BCUT2D eigenvalue weighted by atomic mass is 16.4. The molecule has 0 bridgehead atoms. The van der Waals surface area contributed by atoms with Crippen LogP contribution in [0.4, 0.5) is 4.79 Å². The Morgan fingerprint density at radius 3 is 2.53 bits per heavy atom. The van der Waals surface area contributed by atoms with E-state index in [9.17, 15) is 14.7 Å².